The largest absolute Gasteiger partial charge is 0.350 e. The van der Waals surface area contributed by atoms with Gasteiger partial charge in [0.1, 0.15) is 6.04 Å². The Morgan fingerprint density at radius 2 is 1.81 bits per heavy atom. The summed E-state index contributed by atoms with van der Waals surface area (Å²) in [5, 5.41) is 4.09. The second-order valence-corrected chi connectivity index (χ2v) is 11.7. The summed E-state index contributed by atoms with van der Waals surface area (Å²) in [6, 6.07) is 15.1. The molecule has 2 aliphatic rings. The Kier molecular flexibility index (Phi) is 9.51. The van der Waals surface area contributed by atoms with Gasteiger partial charge in [-0.25, -0.2) is 0 Å². The second kappa shape index (κ2) is 12.6. The number of hydrogen-bond donors (Lipinski definition) is 2. The number of hydrogen-bond acceptors (Lipinski definition) is 4. The van der Waals surface area contributed by atoms with Crippen molar-refractivity contribution in [2.45, 2.75) is 76.7 Å². The zero-order valence-corrected chi connectivity index (χ0v) is 23.2. The minimum Gasteiger partial charge on any atom is -0.350 e. The molecule has 2 fully saturated rings. The number of halogens is 2. The lowest BCUT2D eigenvalue weighted by atomic mass is 9.99. The molecule has 2 heterocycles. The fourth-order valence-electron chi connectivity index (χ4n) is 5.74. The summed E-state index contributed by atoms with van der Waals surface area (Å²) in [5.74, 6) is 0.139. The van der Waals surface area contributed by atoms with E-state index in [0.29, 0.717) is 36.0 Å². The fourth-order valence-corrected chi connectivity index (χ4v) is 6.31. The number of fused-ring (bicyclic) bond motifs is 1. The van der Waals surface area contributed by atoms with Gasteiger partial charge in [0.2, 0.25) is 11.8 Å². The first-order valence-corrected chi connectivity index (χ1v) is 14.0. The highest BCUT2D eigenvalue weighted by atomic mass is 35.5. The molecule has 0 bridgehead atoms. The van der Waals surface area contributed by atoms with Crippen molar-refractivity contribution in [3.05, 3.63) is 69.7 Å². The molecule has 2 aromatic rings. The third-order valence-electron chi connectivity index (χ3n) is 7.48. The average Bonchev–Trinajstić information content (AvgIpc) is 3.19. The molecule has 37 heavy (non-hydrogen) atoms. The summed E-state index contributed by atoms with van der Waals surface area (Å²) in [7, 11) is 0. The van der Waals surface area contributed by atoms with Crippen LogP contribution in [0.1, 0.15) is 50.7 Å². The van der Waals surface area contributed by atoms with Crippen LogP contribution in [0.4, 0.5) is 0 Å². The Morgan fingerprint density at radius 3 is 2.49 bits per heavy atom. The molecular weight excluding hydrogens is 507 g/mol. The molecule has 0 spiro atoms. The molecule has 2 aliphatic heterocycles. The molecule has 0 aliphatic carbocycles. The Labute approximate surface area is 230 Å². The molecule has 8 heteroatoms. The number of aryl methyl sites for hydroxylation is 1. The maximum atomic E-state index is 13.9. The summed E-state index contributed by atoms with van der Waals surface area (Å²) >= 11 is 12.3. The van der Waals surface area contributed by atoms with Crippen LogP contribution in [-0.4, -0.2) is 58.9 Å². The Hall–Kier alpha value is -2.12. The van der Waals surface area contributed by atoms with Crippen LogP contribution < -0.4 is 11.1 Å². The Balaban J connectivity index is 1.50. The highest BCUT2D eigenvalue weighted by Crippen LogP contribution is 2.30. The minimum absolute atomic E-state index is 0.0294. The topological polar surface area (TPSA) is 78.7 Å². The zero-order valence-electron chi connectivity index (χ0n) is 21.7. The zero-order chi connectivity index (χ0) is 26.5. The lowest BCUT2D eigenvalue weighted by molar-refractivity contribution is -0.143. The number of nitrogens with one attached hydrogen (secondary N) is 1. The monoisotopic (exact) mass is 544 g/mol. The van der Waals surface area contributed by atoms with E-state index in [-0.39, 0.29) is 35.9 Å². The number of carbonyl (C=O) groups is 2. The van der Waals surface area contributed by atoms with Gasteiger partial charge < -0.3 is 16.0 Å². The average molecular weight is 546 g/mol. The molecule has 6 nitrogen and oxygen atoms in total. The summed E-state index contributed by atoms with van der Waals surface area (Å²) in [4.78, 5) is 31.6. The van der Waals surface area contributed by atoms with Gasteiger partial charge in [0.15, 0.2) is 0 Å². The number of benzene rings is 2. The molecule has 2 amide bonds. The van der Waals surface area contributed by atoms with Crippen LogP contribution in [0.25, 0.3) is 0 Å². The Morgan fingerprint density at radius 1 is 1.11 bits per heavy atom. The standard InChI is InChI=1S/C29H38Cl2N4O2/c1-19(2)12-26(28(36)33-17-21-13-22(30)15-23(31)14-21)34-11-10-25(9-8-20-6-4-3-5-7-20)35-18-24(32)16-27(35)29(34)37/h3-7,13-15,19,24-27H,8-12,16-18,32H2,1-2H3,(H,33,36)/t24-,25?,26-,27+/m1/s1. The maximum Gasteiger partial charge on any atom is 0.243 e. The molecule has 4 atom stereocenters. The first-order valence-electron chi connectivity index (χ1n) is 13.3. The van der Waals surface area contributed by atoms with Gasteiger partial charge in [0.05, 0.1) is 6.04 Å². The predicted molar refractivity (Wildman–Crippen MR) is 150 cm³/mol. The quantitative estimate of drug-likeness (QED) is 0.481. The lowest BCUT2D eigenvalue weighted by Crippen LogP contribution is -2.53. The van der Waals surface area contributed by atoms with Crippen LogP contribution in [0.15, 0.2) is 48.5 Å². The van der Waals surface area contributed by atoms with Crippen molar-refractivity contribution in [2.75, 3.05) is 13.1 Å². The lowest BCUT2D eigenvalue weighted by Gasteiger charge is -2.33. The Bertz CT molecular complexity index is 1060. The summed E-state index contributed by atoms with van der Waals surface area (Å²) in [6.07, 6.45) is 3.98. The van der Waals surface area contributed by atoms with Crippen LogP contribution in [-0.2, 0) is 22.6 Å². The van der Waals surface area contributed by atoms with Gasteiger partial charge in [-0.2, -0.15) is 0 Å². The van der Waals surface area contributed by atoms with Crippen LogP contribution in [0.2, 0.25) is 10.0 Å². The van der Waals surface area contributed by atoms with Gasteiger partial charge in [0, 0.05) is 41.8 Å². The van der Waals surface area contributed by atoms with E-state index in [2.05, 4.69) is 48.3 Å². The third kappa shape index (κ3) is 7.26. The van der Waals surface area contributed by atoms with Crippen molar-refractivity contribution < 1.29 is 9.59 Å². The molecule has 200 valence electrons. The van der Waals surface area contributed by atoms with E-state index in [1.165, 1.54) is 5.56 Å². The molecule has 3 N–H and O–H groups in total. The number of nitrogens with two attached hydrogens (primary N) is 1. The van der Waals surface area contributed by atoms with Gasteiger partial charge in [0.25, 0.3) is 0 Å². The van der Waals surface area contributed by atoms with Crippen LogP contribution in [0.3, 0.4) is 0 Å². The van der Waals surface area contributed by atoms with E-state index in [1.807, 2.05) is 11.0 Å². The molecule has 0 radical (unpaired) electrons. The highest BCUT2D eigenvalue weighted by molar-refractivity contribution is 6.34. The molecule has 2 saturated heterocycles. The predicted octanol–water partition coefficient (Wildman–Crippen LogP) is 4.66. The van der Waals surface area contributed by atoms with E-state index in [1.54, 1.807) is 18.2 Å². The van der Waals surface area contributed by atoms with Gasteiger partial charge in [-0.3, -0.25) is 14.5 Å². The first-order chi connectivity index (χ1) is 17.7. The minimum atomic E-state index is -0.534. The molecule has 2 aromatic carbocycles. The summed E-state index contributed by atoms with van der Waals surface area (Å²) < 4.78 is 0. The van der Waals surface area contributed by atoms with E-state index in [4.69, 9.17) is 28.9 Å². The van der Waals surface area contributed by atoms with Crippen molar-refractivity contribution in [3.63, 3.8) is 0 Å². The van der Waals surface area contributed by atoms with E-state index >= 15 is 0 Å². The van der Waals surface area contributed by atoms with Crippen molar-refractivity contribution in [1.29, 1.82) is 0 Å². The van der Waals surface area contributed by atoms with Crippen molar-refractivity contribution in [2.24, 2.45) is 11.7 Å². The van der Waals surface area contributed by atoms with Crippen molar-refractivity contribution in [1.82, 2.24) is 15.1 Å². The van der Waals surface area contributed by atoms with Crippen molar-refractivity contribution >= 4 is 35.0 Å². The first kappa shape index (κ1) is 27.9. The molecule has 1 unspecified atom stereocenters. The van der Waals surface area contributed by atoms with Crippen LogP contribution in [0.5, 0.6) is 0 Å². The van der Waals surface area contributed by atoms with Crippen LogP contribution >= 0.6 is 23.2 Å². The number of rotatable bonds is 9. The number of carbonyl (C=O) groups excluding carboxylic acids is 2. The maximum absolute atomic E-state index is 13.9. The van der Waals surface area contributed by atoms with Gasteiger partial charge in [-0.1, -0.05) is 67.4 Å². The third-order valence-corrected chi connectivity index (χ3v) is 7.92. The highest BCUT2D eigenvalue weighted by Gasteiger charge is 2.45. The van der Waals surface area contributed by atoms with Gasteiger partial charge in [-0.05, 0) is 67.3 Å². The second-order valence-electron chi connectivity index (χ2n) is 10.8. The van der Waals surface area contributed by atoms with E-state index in [9.17, 15) is 9.59 Å². The molecule has 0 aromatic heterocycles. The summed E-state index contributed by atoms with van der Waals surface area (Å²) in [5.41, 5.74) is 8.49. The number of nitrogens with zero attached hydrogens (tertiary/aromatic N) is 2. The molecule has 0 saturated carbocycles. The van der Waals surface area contributed by atoms with Crippen molar-refractivity contribution in [3.8, 4) is 0 Å². The van der Waals surface area contributed by atoms with E-state index < -0.39 is 6.04 Å². The van der Waals surface area contributed by atoms with Crippen LogP contribution in [0, 0.1) is 5.92 Å². The van der Waals surface area contributed by atoms with Gasteiger partial charge >= 0.3 is 0 Å². The smallest absolute Gasteiger partial charge is 0.243 e. The molecular formula is C29H38Cl2N4O2. The normalized spacial score (nSPS) is 23.1. The SMILES string of the molecule is CC(C)C[C@H](C(=O)NCc1cc(Cl)cc(Cl)c1)N1CCC(CCc2ccccc2)N2C[C@H](N)C[C@H]2C1=O. The number of amides is 2. The molecule has 4 rings (SSSR count). The summed E-state index contributed by atoms with van der Waals surface area (Å²) in [6.45, 7) is 5.75. The van der Waals surface area contributed by atoms with E-state index in [0.717, 1.165) is 31.4 Å². The van der Waals surface area contributed by atoms with Gasteiger partial charge in [-0.15, -0.1) is 0 Å². The fraction of sp³-hybridized carbons (Fsp3) is 0.517.